The quantitative estimate of drug-likeness (QED) is 0.649. The van der Waals surface area contributed by atoms with E-state index >= 15 is 0 Å². The maximum atomic E-state index is 10.6. The molecular formula is C10H10N2O. The molecule has 0 unspecified atom stereocenters. The summed E-state index contributed by atoms with van der Waals surface area (Å²) in [5.41, 5.74) is 2.62. The average Bonchev–Trinajstić information content (AvgIpc) is 2.59. The molecule has 66 valence electrons. The maximum absolute atomic E-state index is 10.6. The summed E-state index contributed by atoms with van der Waals surface area (Å²) in [6.07, 6.45) is 5.32. The van der Waals surface area contributed by atoms with Gasteiger partial charge in [-0.1, -0.05) is 13.0 Å². The van der Waals surface area contributed by atoms with Crippen molar-refractivity contribution in [2.75, 3.05) is 0 Å². The van der Waals surface area contributed by atoms with Gasteiger partial charge in [-0.3, -0.25) is 9.20 Å². The van der Waals surface area contributed by atoms with Gasteiger partial charge in [0.2, 0.25) is 0 Å². The third-order valence-corrected chi connectivity index (χ3v) is 2.12. The molecule has 2 heterocycles. The van der Waals surface area contributed by atoms with E-state index < -0.39 is 0 Å². The van der Waals surface area contributed by atoms with E-state index in [0.717, 1.165) is 18.4 Å². The third-order valence-electron chi connectivity index (χ3n) is 2.12. The molecule has 2 aromatic heterocycles. The Morgan fingerprint density at radius 3 is 3.08 bits per heavy atom. The number of carbonyl (C=O) groups excluding carboxylic acids is 1. The molecule has 2 rings (SSSR count). The van der Waals surface area contributed by atoms with E-state index in [-0.39, 0.29) is 0 Å². The van der Waals surface area contributed by atoms with Crippen LogP contribution < -0.4 is 0 Å². The van der Waals surface area contributed by atoms with E-state index in [4.69, 9.17) is 0 Å². The summed E-state index contributed by atoms with van der Waals surface area (Å²) in [4.78, 5) is 14.7. The number of aromatic nitrogens is 2. The van der Waals surface area contributed by atoms with Gasteiger partial charge >= 0.3 is 0 Å². The molecule has 0 aromatic carbocycles. The third kappa shape index (κ3) is 1.22. The van der Waals surface area contributed by atoms with E-state index in [1.165, 1.54) is 5.56 Å². The first-order valence-electron chi connectivity index (χ1n) is 4.26. The summed E-state index contributed by atoms with van der Waals surface area (Å²) in [7, 11) is 0. The fraction of sp³-hybridized carbons (Fsp3) is 0.200. The van der Waals surface area contributed by atoms with Gasteiger partial charge in [0.1, 0.15) is 11.3 Å². The van der Waals surface area contributed by atoms with Gasteiger partial charge in [0.05, 0.1) is 6.20 Å². The first kappa shape index (κ1) is 7.98. The van der Waals surface area contributed by atoms with E-state index in [1.807, 2.05) is 22.7 Å². The molecule has 3 nitrogen and oxygen atoms in total. The normalized spacial score (nSPS) is 10.5. The van der Waals surface area contributed by atoms with Gasteiger partial charge in [-0.2, -0.15) is 0 Å². The summed E-state index contributed by atoms with van der Waals surface area (Å²) in [6, 6.07) is 3.95. The number of carbonyl (C=O) groups is 1. The molecular weight excluding hydrogens is 164 g/mol. The molecule has 0 amide bonds. The smallest absolute Gasteiger partial charge is 0.168 e. The topological polar surface area (TPSA) is 34.4 Å². The van der Waals surface area contributed by atoms with Gasteiger partial charge in [0.15, 0.2) is 6.29 Å². The van der Waals surface area contributed by atoms with Crippen molar-refractivity contribution in [3.05, 3.63) is 35.8 Å². The molecule has 0 saturated carbocycles. The molecule has 0 atom stereocenters. The van der Waals surface area contributed by atoms with Crippen molar-refractivity contribution in [3.63, 3.8) is 0 Å². The number of rotatable bonds is 2. The summed E-state index contributed by atoms with van der Waals surface area (Å²) >= 11 is 0. The number of imidazole rings is 1. The highest BCUT2D eigenvalue weighted by atomic mass is 16.1. The minimum Gasteiger partial charge on any atom is -0.297 e. The van der Waals surface area contributed by atoms with Crippen molar-refractivity contribution in [2.24, 2.45) is 0 Å². The van der Waals surface area contributed by atoms with Crippen LogP contribution in [0.3, 0.4) is 0 Å². The van der Waals surface area contributed by atoms with Crippen LogP contribution in [0.15, 0.2) is 24.5 Å². The molecule has 0 bridgehead atoms. The second kappa shape index (κ2) is 3.01. The number of aldehydes is 1. The van der Waals surface area contributed by atoms with Gasteiger partial charge in [-0.25, -0.2) is 4.98 Å². The molecule has 0 radical (unpaired) electrons. The lowest BCUT2D eigenvalue weighted by molar-refractivity contribution is 0.111. The first-order chi connectivity index (χ1) is 6.35. The number of aryl methyl sites for hydroxylation is 1. The largest absolute Gasteiger partial charge is 0.297 e. The monoisotopic (exact) mass is 174 g/mol. The van der Waals surface area contributed by atoms with Crippen molar-refractivity contribution >= 4 is 11.9 Å². The van der Waals surface area contributed by atoms with Crippen LogP contribution in [-0.4, -0.2) is 15.7 Å². The highest BCUT2D eigenvalue weighted by molar-refractivity contribution is 5.73. The van der Waals surface area contributed by atoms with E-state index in [1.54, 1.807) is 6.20 Å². The summed E-state index contributed by atoms with van der Waals surface area (Å²) in [5, 5.41) is 0. The van der Waals surface area contributed by atoms with Crippen LogP contribution in [0.2, 0.25) is 0 Å². The molecule has 0 aliphatic rings. The zero-order valence-electron chi connectivity index (χ0n) is 7.40. The van der Waals surface area contributed by atoms with Crippen LogP contribution in [0.25, 0.3) is 5.65 Å². The lowest BCUT2D eigenvalue weighted by Gasteiger charge is -1.98. The molecule has 0 aliphatic carbocycles. The fourth-order valence-corrected chi connectivity index (χ4v) is 1.34. The number of hydrogen-bond acceptors (Lipinski definition) is 2. The van der Waals surface area contributed by atoms with Crippen LogP contribution in [0, 0.1) is 0 Å². The van der Waals surface area contributed by atoms with Crippen LogP contribution >= 0.6 is 0 Å². The first-order valence-corrected chi connectivity index (χ1v) is 4.26. The van der Waals surface area contributed by atoms with Crippen molar-refractivity contribution in [1.29, 1.82) is 0 Å². The Morgan fingerprint density at radius 2 is 2.38 bits per heavy atom. The summed E-state index contributed by atoms with van der Waals surface area (Å²) < 4.78 is 1.81. The van der Waals surface area contributed by atoms with Crippen molar-refractivity contribution in [2.45, 2.75) is 13.3 Å². The average molecular weight is 174 g/mol. The predicted molar refractivity (Wildman–Crippen MR) is 50.0 cm³/mol. The van der Waals surface area contributed by atoms with E-state index in [2.05, 4.69) is 11.9 Å². The SMILES string of the molecule is CCc1ccc2ncc(C=O)n2c1. The highest BCUT2D eigenvalue weighted by Crippen LogP contribution is 2.07. The van der Waals surface area contributed by atoms with Crippen molar-refractivity contribution in [1.82, 2.24) is 9.38 Å². The van der Waals surface area contributed by atoms with Gasteiger partial charge in [0, 0.05) is 6.20 Å². The minimum absolute atomic E-state index is 0.602. The number of pyridine rings is 1. The molecule has 0 N–H and O–H groups in total. The zero-order valence-corrected chi connectivity index (χ0v) is 7.40. The Hall–Kier alpha value is -1.64. The summed E-state index contributed by atoms with van der Waals surface area (Å²) in [5.74, 6) is 0. The lowest BCUT2D eigenvalue weighted by atomic mass is 10.2. The Kier molecular flexibility index (Phi) is 1.85. The molecule has 13 heavy (non-hydrogen) atoms. The van der Waals surface area contributed by atoms with Crippen LogP contribution in [0.4, 0.5) is 0 Å². The van der Waals surface area contributed by atoms with E-state index in [0.29, 0.717) is 5.69 Å². The van der Waals surface area contributed by atoms with Crippen molar-refractivity contribution in [3.8, 4) is 0 Å². The molecule has 0 fully saturated rings. The van der Waals surface area contributed by atoms with Gasteiger partial charge in [0.25, 0.3) is 0 Å². The predicted octanol–water partition coefficient (Wildman–Crippen LogP) is 1.71. The summed E-state index contributed by atoms with van der Waals surface area (Å²) in [6.45, 7) is 2.08. The number of hydrogen-bond donors (Lipinski definition) is 0. The molecule has 2 aromatic rings. The zero-order chi connectivity index (χ0) is 9.26. The standard InChI is InChI=1S/C10H10N2O/c1-2-8-3-4-10-11-5-9(7-13)12(10)6-8/h3-7H,2H2,1H3. The highest BCUT2D eigenvalue weighted by Gasteiger charge is 2.01. The Morgan fingerprint density at radius 1 is 1.54 bits per heavy atom. The van der Waals surface area contributed by atoms with Crippen LogP contribution in [0.5, 0.6) is 0 Å². The van der Waals surface area contributed by atoms with Crippen molar-refractivity contribution < 1.29 is 4.79 Å². The second-order valence-corrected chi connectivity index (χ2v) is 2.92. The Labute approximate surface area is 76.0 Å². The molecule has 0 aliphatic heterocycles. The second-order valence-electron chi connectivity index (χ2n) is 2.92. The number of fused-ring (bicyclic) bond motifs is 1. The van der Waals surface area contributed by atoms with Gasteiger partial charge in [-0.15, -0.1) is 0 Å². The lowest BCUT2D eigenvalue weighted by Crippen LogP contribution is -1.92. The maximum Gasteiger partial charge on any atom is 0.168 e. The fourth-order valence-electron chi connectivity index (χ4n) is 1.34. The van der Waals surface area contributed by atoms with Gasteiger partial charge < -0.3 is 0 Å². The Bertz CT molecular complexity index is 445. The minimum atomic E-state index is 0.602. The Balaban J connectivity index is 2.71. The van der Waals surface area contributed by atoms with E-state index in [9.17, 15) is 4.79 Å². The molecule has 0 saturated heterocycles. The number of nitrogens with zero attached hydrogens (tertiary/aromatic N) is 2. The van der Waals surface area contributed by atoms with Gasteiger partial charge in [-0.05, 0) is 18.1 Å². The van der Waals surface area contributed by atoms with Crippen LogP contribution in [-0.2, 0) is 6.42 Å². The van der Waals surface area contributed by atoms with Crippen LogP contribution in [0.1, 0.15) is 23.0 Å². The molecule has 3 heteroatoms. The molecule has 0 spiro atoms.